The average Bonchev–Trinajstić information content (AvgIpc) is 2.61. The van der Waals surface area contributed by atoms with Crippen LogP contribution in [-0.4, -0.2) is 10.8 Å². The van der Waals surface area contributed by atoms with Gasteiger partial charge in [-0.15, -0.1) is 0 Å². The van der Waals surface area contributed by atoms with Gasteiger partial charge in [-0.3, -0.25) is 9.78 Å². The van der Waals surface area contributed by atoms with Crippen LogP contribution in [0.25, 0.3) is 16.0 Å². The van der Waals surface area contributed by atoms with Crippen LogP contribution < -0.4 is 0 Å². The molecule has 0 bridgehead atoms. The number of carbonyl (C=O) groups excluding carboxylic acids is 1. The molecule has 0 N–H and O–H groups in total. The van der Waals surface area contributed by atoms with Gasteiger partial charge < -0.3 is 0 Å². The molecule has 0 saturated carbocycles. The molecule has 0 aliphatic rings. The Bertz CT molecular complexity index is 754. The van der Waals surface area contributed by atoms with Gasteiger partial charge in [0, 0.05) is 24.2 Å². The van der Waals surface area contributed by atoms with Gasteiger partial charge in [0.15, 0.2) is 0 Å². The first-order valence-electron chi connectivity index (χ1n) is 8.35. The van der Waals surface area contributed by atoms with Gasteiger partial charge in [0.05, 0.1) is 6.57 Å². The lowest BCUT2D eigenvalue weighted by atomic mass is 9.77. The zero-order chi connectivity index (χ0) is 17.7. The first kappa shape index (κ1) is 17.9. The highest BCUT2D eigenvalue weighted by molar-refractivity contribution is 5.89. The van der Waals surface area contributed by atoms with Crippen molar-refractivity contribution in [2.75, 3.05) is 0 Å². The lowest BCUT2D eigenvalue weighted by Gasteiger charge is -2.25. The lowest BCUT2D eigenvalue weighted by molar-refractivity contribution is -0.124. The average molecular weight is 320 g/mol. The number of carbonyl (C=O) groups is 1. The minimum atomic E-state index is -0.488. The fourth-order valence-electron chi connectivity index (χ4n) is 2.60. The molecular weight excluding hydrogens is 296 g/mol. The predicted octanol–water partition coefficient (Wildman–Crippen LogP) is 5.58. The first-order valence-corrected chi connectivity index (χ1v) is 8.35. The number of aromatic nitrogens is 1. The van der Waals surface area contributed by atoms with Crippen molar-refractivity contribution in [2.45, 2.75) is 46.0 Å². The van der Waals surface area contributed by atoms with Gasteiger partial charge >= 0.3 is 0 Å². The Hall–Kier alpha value is -2.47. The summed E-state index contributed by atoms with van der Waals surface area (Å²) in [7, 11) is 0. The molecule has 124 valence electrons. The van der Waals surface area contributed by atoms with Gasteiger partial charge in [-0.1, -0.05) is 44.5 Å². The van der Waals surface area contributed by atoms with E-state index in [1.165, 1.54) is 0 Å². The smallest absolute Gasteiger partial charge is 0.205 e. The van der Waals surface area contributed by atoms with E-state index in [0.29, 0.717) is 18.0 Å². The van der Waals surface area contributed by atoms with Crippen molar-refractivity contribution in [1.29, 1.82) is 0 Å². The van der Waals surface area contributed by atoms with E-state index in [4.69, 9.17) is 6.57 Å². The van der Waals surface area contributed by atoms with Crippen molar-refractivity contribution in [3.63, 3.8) is 0 Å². The largest absolute Gasteiger partial charge is 0.299 e. The van der Waals surface area contributed by atoms with Crippen LogP contribution in [0.15, 0.2) is 42.7 Å². The van der Waals surface area contributed by atoms with Crippen molar-refractivity contribution in [2.24, 2.45) is 5.92 Å². The summed E-state index contributed by atoms with van der Waals surface area (Å²) in [5.74, 6) is 0.694. The highest BCUT2D eigenvalue weighted by atomic mass is 16.1. The topological polar surface area (TPSA) is 34.3 Å². The van der Waals surface area contributed by atoms with Crippen molar-refractivity contribution < 1.29 is 4.79 Å². The first-order chi connectivity index (χ1) is 11.4. The molecule has 0 aliphatic carbocycles. The predicted molar refractivity (Wildman–Crippen MR) is 98.0 cm³/mol. The van der Waals surface area contributed by atoms with Crippen molar-refractivity contribution in [3.8, 4) is 11.1 Å². The number of pyridine rings is 1. The van der Waals surface area contributed by atoms with E-state index < -0.39 is 5.41 Å². The van der Waals surface area contributed by atoms with Crippen molar-refractivity contribution >= 4 is 11.5 Å². The summed E-state index contributed by atoms with van der Waals surface area (Å²) in [6.07, 6.45) is 4.94. The quantitative estimate of drug-likeness (QED) is 0.651. The third kappa shape index (κ3) is 3.89. The summed E-state index contributed by atoms with van der Waals surface area (Å²) >= 11 is 0. The van der Waals surface area contributed by atoms with Gasteiger partial charge in [-0.2, -0.15) is 0 Å². The Kier molecular flexibility index (Phi) is 5.51. The molecule has 1 atom stereocenters. The van der Waals surface area contributed by atoms with Gasteiger partial charge in [0.25, 0.3) is 0 Å². The van der Waals surface area contributed by atoms with Gasteiger partial charge in [-0.25, -0.2) is 4.85 Å². The van der Waals surface area contributed by atoms with Crippen LogP contribution in [0.4, 0.5) is 5.69 Å². The summed E-state index contributed by atoms with van der Waals surface area (Å²) in [5.41, 5.74) is 2.98. The fourth-order valence-corrected chi connectivity index (χ4v) is 2.60. The molecular formula is C21H24N2O. The summed E-state index contributed by atoms with van der Waals surface area (Å²) < 4.78 is 0. The molecule has 3 nitrogen and oxygen atoms in total. The molecule has 2 rings (SSSR count). The van der Waals surface area contributed by atoms with Crippen LogP contribution in [0.3, 0.4) is 0 Å². The van der Waals surface area contributed by atoms with Gasteiger partial charge in [0.1, 0.15) is 5.78 Å². The zero-order valence-electron chi connectivity index (χ0n) is 14.8. The normalized spacial score (nSPS) is 12.5. The standard InChI is InChI=1S/C21H24N2O/c1-6-15(2)11-20(24)21(3,4)18-9-7-16(8-10-18)17-12-19(22-5)14-23-13-17/h7-10,12-15H,6,11H2,1-4H3/t15-/m1/s1. The maximum absolute atomic E-state index is 12.6. The van der Waals surface area contributed by atoms with E-state index in [2.05, 4.69) is 23.7 Å². The highest BCUT2D eigenvalue weighted by Crippen LogP contribution is 2.30. The molecule has 3 heteroatoms. The maximum atomic E-state index is 12.6. The number of rotatable bonds is 6. The molecule has 0 spiro atoms. The van der Waals surface area contributed by atoms with E-state index in [1.54, 1.807) is 12.4 Å². The number of Topliss-reactive ketones (excluding diaryl/α,β-unsaturated/α-hetero) is 1. The molecule has 0 unspecified atom stereocenters. The Labute approximate surface area is 144 Å². The van der Waals surface area contributed by atoms with E-state index in [0.717, 1.165) is 23.1 Å². The number of benzene rings is 1. The Balaban J connectivity index is 2.25. The highest BCUT2D eigenvalue weighted by Gasteiger charge is 2.30. The Morgan fingerprint density at radius 1 is 1.21 bits per heavy atom. The molecule has 0 aliphatic heterocycles. The number of hydrogen-bond acceptors (Lipinski definition) is 2. The minimum absolute atomic E-state index is 0.279. The molecule has 1 aromatic heterocycles. The second kappa shape index (κ2) is 7.40. The van der Waals surface area contributed by atoms with Gasteiger partial charge in [0.2, 0.25) is 5.69 Å². The van der Waals surface area contributed by atoms with Crippen molar-refractivity contribution in [3.05, 3.63) is 59.7 Å². The van der Waals surface area contributed by atoms with Crippen LogP contribution in [0.2, 0.25) is 0 Å². The van der Waals surface area contributed by atoms with Crippen LogP contribution in [-0.2, 0) is 10.2 Å². The number of ketones is 1. The lowest BCUT2D eigenvalue weighted by Crippen LogP contribution is -2.30. The van der Waals surface area contributed by atoms with Crippen LogP contribution in [0.5, 0.6) is 0 Å². The van der Waals surface area contributed by atoms with E-state index in [1.807, 2.05) is 44.2 Å². The summed E-state index contributed by atoms with van der Waals surface area (Å²) in [4.78, 5) is 20.2. The number of hydrogen-bond donors (Lipinski definition) is 0. The molecule has 0 amide bonds. The summed E-state index contributed by atoms with van der Waals surface area (Å²) in [6, 6.07) is 9.84. The van der Waals surface area contributed by atoms with Crippen LogP contribution in [0, 0.1) is 12.5 Å². The maximum Gasteiger partial charge on any atom is 0.205 e. The van der Waals surface area contributed by atoms with E-state index in [-0.39, 0.29) is 5.78 Å². The molecule has 0 saturated heterocycles. The van der Waals surface area contributed by atoms with E-state index in [9.17, 15) is 4.79 Å². The third-order valence-electron chi connectivity index (χ3n) is 4.72. The second-order valence-electron chi connectivity index (χ2n) is 6.89. The number of nitrogens with zero attached hydrogens (tertiary/aromatic N) is 2. The second-order valence-corrected chi connectivity index (χ2v) is 6.89. The van der Waals surface area contributed by atoms with E-state index >= 15 is 0 Å². The summed E-state index contributed by atoms with van der Waals surface area (Å²) in [5, 5.41) is 0. The zero-order valence-corrected chi connectivity index (χ0v) is 14.8. The molecule has 0 fully saturated rings. The monoisotopic (exact) mass is 320 g/mol. The Morgan fingerprint density at radius 2 is 1.88 bits per heavy atom. The SMILES string of the molecule is [C-]#[N+]c1cncc(-c2ccc(C(C)(C)C(=O)C[C@H](C)CC)cc2)c1. The van der Waals surface area contributed by atoms with Crippen molar-refractivity contribution in [1.82, 2.24) is 4.98 Å². The molecule has 24 heavy (non-hydrogen) atoms. The van der Waals surface area contributed by atoms with Crippen LogP contribution in [0.1, 0.15) is 46.1 Å². The molecule has 2 aromatic rings. The van der Waals surface area contributed by atoms with Gasteiger partial charge in [-0.05, 0) is 42.5 Å². The summed E-state index contributed by atoms with van der Waals surface area (Å²) in [6.45, 7) is 15.3. The molecule has 0 radical (unpaired) electrons. The minimum Gasteiger partial charge on any atom is -0.299 e. The fraction of sp³-hybridized carbons (Fsp3) is 0.381. The molecule has 1 heterocycles. The van der Waals surface area contributed by atoms with Crippen LogP contribution >= 0.6 is 0 Å². The third-order valence-corrected chi connectivity index (χ3v) is 4.72. The Morgan fingerprint density at radius 3 is 2.46 bits per heavy atom. The molecule has 1 aromatic carbocycles.